The van der Waals surface area contributed by atoms with Crippen molar-refractivity contribution in [3.63, 3.8) is 0 Å². The molecule has 8 heterocycles. The number of carbonyl (C=O) groups is 9. The summed E-state index contributed by atoms with van der Waals surface area (Å²) in [5.41, 5.74) is 6.81. The second-order valence-corrected chi connectivity index (χ2v) is 32.1. The summed E-state index contributed by atoms with van der Waals surface area (Å²) >= 11 is 14.4. The molecule has 2 saturated heterocycles. The number of ether oxygens (including phenoxy) is 7. The number of fused-ring (bicyclic) bond motifs is 15. The van der Waals surface area contributed by atoms with E-state index in [4.69, 9.17) is 57.4 Å². The number of hydrogen-bond donors (Lipinski definition) is 22. The average molecular weight is 1800 g/mol. The minimum atomic E-state index is -3.53. The van der Waals surface area contributed by atoms with E-state index in [1.165, 1.54) is 68.8 Å². The Morgan fingerprint density at radius 2 is 1.39 bits per heavy atom. The smallest absolute Gasteiger partial charge is 0.394 e. The molecule has 0 unspecified atom stereocenters. The van der Waals surface area contributed by atoms with E-state index in [9.17, 15) is 79.0 Å². The maximum atomic E-state index is 16.3. The number of nitrogens with zero attached hydrogens (tertiary/aromatic N) is 1. The number of rotatable bonds is 23. The van der Waals surface area contributed by atoms with Gasteiger partial charge in [0.15, 0.2) is 23.9 Å². The summed E-state index contributed by atoms with van der Waals surface area (Å²) < 4.78 is 71.6. The number of aliphatic hydroxyl groups is 7. The van der Waals surface area contributed by atoms with Crippen LogP contribution in [0.3, 0.4) is 0 Å². The van der Waals surface area contributed by atoms with Crippen molar-refractivity contribution >= 4 is 82.1 Å². The molecule has 14 rings (SSSR count). The van der Waals surface area contributed by atoms with Gasteiger partial charge in [0.25, 0.3) is 11.8 Å². The Kier molecular flexibility index (Phi) is 29.2. The summed E-state index contributed by atoms with van der Waals surface area (Å²) in [6, 6.07) is 6.06. The van der Waals surface area contributed by atoms with Gasteiger partial charge in [0.05, 0.1) is 53.5 Å². The lowest BCUT2D eigenvalue weighted by atomic mass is 9.84. The highest BCUT2D eigenvalue weighted by Crippen LogP contribution is 2.50. The maximum Gasteiger partial charge on any atom is 0.394 e. The van der Waals surface area contributed by atoms with E-state index in [0.29, 0.717) is 12.5 Å². The largest absolute Gasteiger partial charge is 0.508 e. The number of halogens is 4. The van der Waals surface area contributed by atoms with E-state index >= 15 is 24.0 Å². The van der Waals surface area contributed by atoms with Crippen LogP contribution in [-0.4, -0.2) is 221 Å². The molecular formula is C83H93Cl2F2N13O26. The lowest BCUT2D eigenvalue weighted by Gasteiger charge is -2.48. The number of aliphatic hydroxyl groups excluding tert-OH is 7. The molecule has 6 aromatic carbocycles. The Morgan fingerprint density at radius 1 is 0.730 bits per heavy atom. The number of aromatic nitrogens is 1. The average Bonchev–Trinajstić information content (AvgIpc) is 0.769. The standard InChI is InChI=1S/C83H93Cl2F2N13O26/c1-34(2)18-49(89-6)74(113)98-64-66(107)38-11-14-53(47(84)21-38)121-55-23-40-24-56(70(55)125-81-71(69(110)68(109)57(33-102)123-81)124-59-29-82(4,72(111)35(3)120-59)91-31-36-19-41(32-90-30-36)73(112)93-42-8-7-9-44(25-42)126-83(5,86)87)122-54-15-12-39(22-48(54)85)67(108)65-79(118)97-63(80(119)100-92-16-17-101)46-26-43(103)27-52(105)60(46)45-20-37(10-13-51(45)104)61(76(115)99-65)96-77(116)62(40)95-75(114)50(28-58(88)106)94-78(64)117/h7-15,19-27,30,32,34-35,49-50,57,59,61-69,71-72,81,89,91-92,101-105,107-111H,16-18,28-29,31,33H2,1-6H3,(H2,88,106)(H,93,112)(H,94,117)(H,95,114)(H,96,116)(H,97,118)(H,98,113)(H,99,115)(H,100,119)/t35-,49+,50-,57+,59-,61+,62+,63+,64+,65-,66+,67+,68+,69-,71+,72+,81-,82-/m0/s1. The molecule has 1 aromatic heterocycles. The highest BCUT2D eigenvalue weighted by Gasteiger charge is 2.52. The van der Waals surface area contributed by atoms with Gasteiger partial charge in [0.1, 0.15) is 101 Å². The topological polar surface area (TPSA) is 592 Å². The van der Waals surface area contributed by atoms with Crippen molar-refractivity contribution in [2.75, 3.05) is 32.1 Å². The predicted molar refractivity (Wildman–Crippen MR) is 437 cm³/mol. The monoisotopic (exact) mass is 1800 g/mol. The number of alkyl halides is 2. The molecule has 126 heavy (non-hydrogen) atoms. The van der Waals surface area contributed by atoms with E-state index in [2.05, 4.69) is 68.4 Å². The number of benzene rings is 6. The summed E-state index contributed by atoms with van der Waals surface area (Å²) in [7, 11) is 1.46. The summed E-state index contributed by atoms with van der Waals surface area (Å²) in [4.78, 5) is 138. The minimum Gasteiger partial charge on any atom is -0.508 e. The van der Waals surface area contributed by atoms with E-state index in [-0.39, 0.29) is 65.5 Å². The van der Waals surface area contributed by atoms with Crippen molar-refractivity contribution in [3.8, 4) is 62.9 Å². The summed E-state index contributed by atoms with van der Waals surface area (Å²) in [6.07, 6.45) is -20.6. The first-order valence-electron chi connectivity index (χ1n) is 39.5. The van der Waals surface area contributed by atoms with Crippen LogP contribution in [0.1, 0.15) is 128 Å². The highest BCUT2D eigenvalue weighted by atomic mass is 35.5. The molecule has 2 fully saturated rings. The number of hydrazine groups is 1. The Balaban J connectivity index is 1.01. The minimum absolute atomic E-state index is 0.0244. The van der Waals surface area contributed by atoms with Crippen molar-refractivity contribution < 1.29 is 136 Å². The number of nitrogens with one attached hydrogen (secondary N) is 11. The number of anilines is 1. The number of primary amides is 1. The van der Waals surface area contributed by atoms with Crippen LogP contribution in [0, 0.1) is 5.92 Å². The summed E-state index contributed by atoms with van der Waals surface area (Å²) in [5.74, 6) is -16.6. The van der Waals surface area contributed by atoms with Crippen LogP contribution in [-0.2, 0) is 59.1 Å². The number of nitrogens with two attached hydrogens (primary N) is 1. The number of pyridine rings is 1. The molecular weight excluding hydrogens is 1700 g/mol. The second-order valence-electron chi connectivity index (χ2n) is 31.3. The van der Waals surface area contributed by atoms with Crippen LogP contribution in [0.2, 0.25) is 10.0 Å². The van der Waals surface area contributed by atoms with Crippen molar-refractivity contribution in [1.82, 2.24) is 58.4 Å². The molecule has 11 bridgehead atoms. The van der Waals surface area contributed by atoms with Gasteiger partial charge in [-0.3, -0.25) is 53.6 Å². The zero-order valence-corrected chi connectivity index (χ0v) is 69.4. The van der Waals surface area contributed by atoms with Crippen molar-refractivity contribution in [2.45, 2.75) is 176 Å². The van der Waals surface area contributed by atoms with E-state index in [0.717, 1.165) is 66.7 Å². The number of carbonyl (C=O) groups excluding carboxylic acids is 9. The normalized spacial score (nSPS) is 25.9. The van der Waals surface area contributed by atoms with Gasteiger partial charge in [-0.15, -0.1) is 0 Å². The van der Waals surface area contributed by atoms with Crippen molar-refractivity contribution in [3.05, 3.63) is 171 Å². The van der Waals surface area contributed by atoms with E-state index < -0.39 is 266 Å². The third kappa shape index (κ3) is 21.5. The van der Waals surface area contributed by atoms with Gasteiger partial charge in [0.2, 0.25) is 53.4 Å². The fraction of sp³-hybridized carbons (Fsp3) is 0.398. The molecule has 7 aliphatic rings. The van der Waals surface area contributed by atoms with Gasteiger partial charge in [-0.25, -0.2) is 5.43 Å². The second kappa shape index (κ2) is 39.4. The van der Waals surface area contributed by atoms with Crippen LogP contribution in [0.4, 0.5) is 14.5 Å². The molecule has 23 N–H and O–H groups in total. The number of aromatic hydroxyl groups is 3. The molecule has 0 radical (unpaired) electrons. The van der Waals surface area contributed by atoms with Gasteiger partial charge in [-0.1, -0.05) is 61.3 Å². The SMILES string of the molecule is CN[C@H](CC(C)C)C(=O)N[C@H]1C(=O)N[C@@H](CC(N)=O)C(=O)N[C@H]2C(=O)N[C@H]3C(=O)N[C@H](C(=O)N[C@@H](C(=O)NNCCO)c4cc(O)cc(O)c4-c4cc3ccc4O)[C@H](O)c3ccc(c(Cl)c3)Oc3cc2cc(c3O[C@@H]2O[C@H](CO)[C@@H](O)[C@H](O)[C@H]2O[C@H]2C[C@](C)(NCc3cncc(C(=O)Nc4cccc(OC(C)(F)F)c4)c3)[C@H](O)[C@H](C)O2)Oc2ccc(cc2Cl)[C@H]1O. The summed E-state index contributed by atoms with van der Waals surface area (Å²) in [6.45, 7) is 5.27. The molecule has 0 spiro atoms. The van der Waals surface area contributed by atoms with Gasteiger partial charge in [-0.2, -0.15) is 8.78 Å². The van der Waals surface area contributed by atoms with Crippen molar-refractivity contribution in [2.24, 2.45) is 11.7 Å². The molecule has 0 saturated carbocycles. The van der Waals surface area contributed by atoms with Crippen molar-refractivity contribution in [1.29, 1.82) is 0 Å². The predicted octanol–water partition coefficient (Wildman–Crippen LogP) is 2.10. The van der Waals surface area contributed by atoms with Gasteiger partial charge in [0, 0.05) is 73.3 Å². The van der Waals surface area contributed by atoms with Crippen LogP contribution in [0.25, 0.3) is 11.1 Å². The molecule has 39 nitrogen and oxygen atoms in total. The lowest BCUT2D eigenvalue weighted by molar-refractivity contribution is -0.334. The quantitative estimate of drug-likeness (QED) is 0.0322. The maximum absolute atomic E-state index is 16.3. The third-order valence-electron chi connectivity index (χ3n) is 21.3. The first-order chi connectivity index (χ1) is 59.7. The van der Waals surface area contributed by atoms with Crippen LogP contribution < -0.4 is 83.4 Å². The molecule has 674 valence electrons. The first kappa shape index (κ1) is 93.4. The third-order valence-corrected chi connectivity index (χ3v) is 21.9. The Labute approximate surface area is 726 Å². The molecule has 9 amide bonds. The molecule has 7 aromatic rings. The number of phenolic OH excluding ortho intramolecular Hbond substituents is 3. The van der Waals surface area contributed by atoms with E-state index in [1.54, 1.807) is 20.8 Å². The summed E-state index contributed by atoms with van der Waals surface area (Å²) in [5, 5.41) is 139. The van der Waals surface area contributed by atoms with Crippen LogP contribution in [0.15, 0.2) is 122 Å². The Morgan fingerprint density at radius 3 is 2.03 bits per heavy atom. The van der Waals surface area contributed by atoms with E-state index in [1.807, 2.05) is 0 Å². The Bertz CT molecular complexity index is 5290. The zero-order chi connectivity index (χ0) is 91.2. The fourth-order valence-corrected chi connectivity index (χ4v) is 15.4. The number of amides is 9. The molecule has 7 aliphatic heterocycles. The lowest BCUT2D eigenvalue weighted by Crippen LogP contribution is -2.65. The molecule has 43 heteroatoms. The highest BCUT2D eigenvalue weighted by molar-refractivity contribution is 6.32. The molecule has 0 aliphatic carbocycles. The van der Waals surface area contributed by atoms with Crippen LogP contribution in [0.5, 0.6) is 51.7 Å². The van der Waals surface area contributed by atoms with Gasteiger partial charge >= 0.3 is 6.11 Å². The first-order valence-corrected chi connectivity index (χ1v) is 40.2. The van der Waals surface area contributed by atoms with Gasteiger partial charge in [-0.05, 0) is 139 Å². The van der Waals surface area contributed by atoms with Crippen LogP contribution >= 0.6 is 23.2 Å². The fourth-order valence-electron chi connectivity index (χ4n) is 15.0. The zero-order valence-electron chi connectivity index (χ0n) is 67.9. The van der Waals surface area contributed by atoms with Gasteiger partial charge < -0.3 is 138 Å². The molecule has 18 atom stereocenters. The number of phenols is 3. The Hall–Kier alpha value is -11.8. The number of hydrogen-bond acceptors (Lipinski definition) is 30. The number of likely N-dealkylation sites (N-methyl/N-ethyl adjacent to an activating group) is 1.